The average molecular weight is 481 g/mol. The van der Waals surface area contributed by atoms with Gasteiger partial charge in [0, 0.05) is 63.2 Å². The minimum Gasteiger partial charge on any atom is -0.367 e. The van der Waals surface area contributed by atoms with Crippen molar-refractivity contribution in [3.63, 3.8) is 0 Å². The Hall–Kier alpha value is -2.16. The smallest absolute Gasteiger partial charge is 0.272 e. The summed E-state index contributed by atoms with van der Waals surface area (Å²) in [6.07, 6.45) is 6.89. The Kier molecular flexibility index (Phi) is 7.67. The molecule has 5 rings (SSSR count). The van der Waals surface area contributed by atoms with Crippen molar-refractivity contribution >= 4 is 23.7 Å². The monoisotopic (exact) mass is 480 g/mol. The Morgan fingerprint density at radius 3 is 2.56 bits per heavy atom. The van der Waals surface area contributed by atoms with Gasteiger partial charge >= 0.3 is 0 Å². The molecule has 1 aromatic carbocycles. The summed E-state index contributed by atoms with van der Waals surface area (Å²) in [6, 6.07) is 11.6. The first kappa shape index (κ1) is 23.6. The lowest BCUT2D eigenvalue weighted by Crippen LogP contribution is -2.48. The Bertz CT molecular complexity index is 971. The van der Waals surface area contributed by atoms with Gasteiger partial charge in [0.25, 0.3) is 5.91 Å². The first-order chi connectivity index (χ1) is 16.7. The molecule has 3 aliphatic rings. The summed E-state index contributed by atoms with van der Waals surface area (Å²) >= 11 is 1.92. The van der Waals surface area contributed by atoms with Crippen LogP contribution in [-0.2, 0) is 13.0 Å². The quantitative estimate of drug-likeness (QED) is 0.633. The number of piperidine rings is 2. The van der Waals surface area contributed by atoms with Crippen LogP contribution in [0.3, 0.4) is 0 Å². The maximum atomic E-state index is 13.2. The Balaban J connectivity index is 1.13. The number of hydrogen-bond acceptors (Lipinski definition) is 7. The molecule has 182 valence electrons. The number of carbonyl (C=O) groups excluding carboxylic acids is 1. The molecule has 1 N–H and O–H groups in total. The Morgan fingerprint density at radius 2 is 1.79 bits per heavy atom. The van der Waals surface area contributed by atoms with Gasteiger partial charge in [0.15, 0.2) is 0 Å². The van der Waals surface area contributed by atoms with E-state index in [2.05, 4.69) is 55.7 Å². The van der Waals surface area contributed by atoms with Gasteiger partial charge in [-0.1, -0.05) is 43.1 Å². The second kappa shape index (κ2) is 11.1. The van der Waals surface area contributed by atoms with E-state index in [0.717, 1.165) is 82.9 Å². The van der Waals surface area contributed by atoms with Gasteiger partial charge in [-0.3, -0.25) is 14.0 Å². The topological polar surface area (TPSA) is 64.6 Å². The van der Waals surface area contributed by atoms with Gasteiger partial charge in [-0.15, -0.1) is 0 Å². The van der Waals surface area contributed by atoms with Crippen molar-refractivity contribution < 1.29 is 4.79 Å². The number of amides is 1. The van der Waals surface area contributed by atoms with Crippen molar-refractivity contribution in [2.75, 3.05) is 43.8 Å². The maximum absolute atomic E-state index is 13.2. The predicted molar refractivity (Wildman–Crippen MR) is 138 cm³/mol. The molecule has 0 spiro atoms. The van der Waals surface area contributed by atoms with E-state index in [9.17, 15) is 4.79 Å². The fourth-order valence-corrected chi connectivity index (χ4v) is 6.33. The molecule has 2 saturated heterocycles. The molecule has 0 bridgehead atoms. The molecule has 0 aliphatic carbocycles. The average Bonchev–Trinajstić information content (AvgIpc) is 2.89. The Labute approximate surface area is 207 Å². The highest BCUT2D eigenvalue weighted by Crippen LogP contribution is 2.26. The summed E-state index contributed by atoms with van der Waals surface area (Å²) in [5, 5.41) is 3.54. The standard InChI is InChI=1S/C26H36N6OS/c1-2-34-32-15-8-22(9-16-32)29-25-17-24(27-19-28-25)26(33)30-13-10-23(11-14-30)31-12-7-20-5-3-4-6-21(20)18-31/h3-6,17,19,22-23H,2,7-16,18H2,1H3,(H,27,28,29). The molecule has 0 saturated carbocycles. The molecule has 0 unspecified atom stereocenters. The van der Waals surface area contributed by atoms with E-state index in [1.807, 2.05) is 22.9 Å². The van der Waals surface area contributed by atoms with Crippen LogP contribution in [0.1, 0.15) is 54.2 Å². The predicted octanol–water partition coefficient (Wildman–Crippen LogP) is 3.68. The SMILES string of the molecule is CCSN1CCC(Nc2cc(C(=O)N3CCC(N4CCc5ccccc5C4)CC3)ncn2)CC1. The number of nitrogens with one attached hydrogen (secondary N) is 1. The zero-order chi connectivity index (χ0) is 23.3. The van der Waals surface area contributed by atoms with Crippen LogP contribution in [0.2, 0.25) is 0 Å². The number of likely N-dealkylation sites (tertiary alicyclic amines) is 1. The van der Waals surface area contributed by atoms with E-state index in [0.29, 0.717) is 17.8 Å². The lowest BCUT2D eigenvalue weighted by Gasteiger charge is -2.40. The third-order valence-electron chi connectivity index (χ3n) is 7.43. The van der Waals surface area contributed by atoms with E-state index in [4.69, 9.17) is 0 Å². The number of hydrogen-bond donors (Lipinski definition) is 1. The second-order valence-electron chi connectivity index (χ2n) is 9.57. The lowest BCUT2D eigenvalue weighted by atomic mass is 9.95. The van der Waals surface area contributed by atoms with Crippen LogP contribution in [-0.4, -0.2) is 80.5 Å². The van der Waals surface area contributed by atoms with Crippen molar-refractivity contribution in [1.29, 1.82) is 0 Å². The summed E-state index contributed by atoms with van der Waals surface area (Å²) in [6.45, 7) is 8.11. The van der Waals surface area contributed by atoms with E-state index in [1.54, 1.807) is 0 Å². The lowest BCUT2D eigenvalue weighted by molar-refractivity contribution is 0.0594. The maximum Gasteiger partial charge on any atom is 0.272 e. The van der Waals surface area contributed by atoms with Gasteiger partial charge < -0.3 is 10.2 Å². The first-order valence-corrected chi connectivity index (χ1v) is 13.7. The molecule has 8 heteroatoms. The van der Waals surface area contributed by atoms with E-state index in [-0.39, 0.29) is 5.91 Å². The van der Waals surface area contributed by atoms with Crippen molar-refractivity contribution in [2.24, 2.45) is 0 Å². The second-order valence-corrected chi connectivity index (χ2v) is 10.9. The van der Waals surface area contributed by atoms with E-state index in [1.165, 1.54) is 17.5 Å². The van der Waals surface area contributed by atoms with Crippen molar-refractivity contribution in [2.45, 2.75) is 57.7 Å². The zero-order valence-electron chi connectivity index (χ0n) is 20.2. The van der Waals surface area contributed by atoms with E-state index < -0.39 is 0 Å². The molecule has 1 aromatic heterocycles. The van der Waals surface area contributed by atoms with Crippen molar-refractivity contribution in [3.05, 3.63) is 53.5 Å². The molecule has 1 amide bonds. The number of aromatic nitrogens is 2. The number of anilines is 1. The number of nitrogens with zero attached hydrogens (tertiary/aromatic N) is 5. The van der Waals surface area contributed by atoms with Crippen LogP contribution in [0, 0.1) is 0 Å². The number of carbonyl (C=O) groups is 1. The first-order valence-electron chi connectivity index (χ1n) is 12.8. The van der Waals surface area contributed by atoms with Gasteiger partial charge in [0.05, 0.1) is 0 Å². The van der Waals surface area contributed by atoms with Gasteiger partial charge in [-0.2, -0.15) is 0 Å². The molecule has 3 aliphatic heterocycles. The fourth-order valence-electron chi connectivity index (χ4n) is 5.50. The number of rotatable bonds is 6. The molecular formula is C26H36N6OS. The van der Waals surface area contributed by atoms with Crippen molar-refractivity contribution in [1.82, 2.24) is 24.1 Å². The van der Waals surface area contributed by atoms with Gasteiger partial charge in [0.2, 0.25) is 0 Å². The Morgan fingerprint density at radius 1 is 1.03 bits per heavy atom. The van der Waals surface area contributed by atoms with Gasteiger partial charge in [0.1, 0.15) is 17.8 Å². The van der Waals surface area contributed by atoms with Crippen LogP contribution in [0.25, 0.3) is 0 Å². The van der Waals surface area contributed by atoms with E-state index >= 15 is 0 Å². The van der Waals surface area contributed by atoms with Gasteiger partial charge in [-0.25, -0.2) is 9.97 Å². The normalized spacial score (nSPS) is 20.8. The number of benzene rings is 1. The van der Waals surface area contributed by atoms with Crippen LogP contribution in [0.4, 0.5) is 5.82 Å². The third-order valence-corrected chi connectivity index (χ3v) is 8.42. The molecule has 2 fully saturated rings. The molecule has 0 radical (unpaired) electrons. The summed E-state index contributed by atoms with van der Waals surface area (Å²) in [4.78, 5) is 26.5. The van der Waals surface area contributed by atoms with Crippen LogP contribution in [0.15, 0.2) is 36.7 Å². The highest BCUT2D eigenvalue weighted by Gasteiger charge is 2.30. The van der Waals surface area contributed by atoms with Crippen LogP contribution < -0.4 is 5.32 Å². The highest BCUT2D eigenvalue weighted by atomic mass is 32.2. The number of fused-ring (bicyclic) bond motifs is 1. The summed E-state index contributed by atoms with van der Waals surface area (Å²) in [5.74, 6) is 1.92. The summed E-state index contributed by atoms with van der Waals surface area (Å²) < 4.78 is 2.44. The third kappa shape index (κ3) is 5.56. The summed E-state index contributed by atoms with van der Waals surface area (Å²) in [5.41, 5.74) is 3.45. The summed E-state index contributed by atoms with van der Waals surface area (Å²) in [7, 11) is 0. The molecule has 0 atom stereocenters. The largest absolute Gasteiger partial charge is 0.367 e. The molecule has 34 heavy (non-hydrogen) atoms. The molecule has 7 nitrogen and oxygen atoms in total. The van der Waals surface area contributed by atoms with Crippen LogP contribution in [0.5, 0.6) is 0 Å². The molecule has 4 heterocycles. The fraction of sp³-hybridized carbons (Fsp3) is 0.577. The minimum absolute atomic E-state index is 0.0297. The minimum atomic E-state index is 0.0297. The molecular weight excluding hydrogens is 444 g/mol. The van der Waals surface area contributed by atoms with Gasteiger partial charge in [-0.05, 0) is 43.2 Å². The molecule has 2 aromatic rings. The highest BCUT2D eigenvalue weighted by molar-refractivity contribution is 7.96. The zero-order valence-corrected chi connectivity index (χ0v) is 21.0. The van der Waals surface area contributed by atoms with Crippen molar-refractivity contribution in [3.8, 4) is 0 Å². The van der Waals surface area contributed by atoms with Crippen LogP contribution >= 0.6 is 11.9 Å².